The number of nitrogens with zero attached hydrogens (tertiary/aromatic N) is 1. The van der Waals surface area contributed by atoms with Crippen LogP contribution in [-0.4, -0.2) is 11.8 Å². The molecule has 14 rings (SSSR count). The van der Waals surface area contributed by atoms with Gasteiger partial charge in [0.1, 0.15) is 22.7 Å². The van der Waals surface area contributed by atoms with Gasteiger partial charge in [-0.2, -0.15) is 0 Å². The van der Waals surface area contributed by atoms with Crippen molar-refractivity contribution >= 4 is 84.1 Å². The third-order valence-electron chi connectivity index (χ3n) is 15.0. The van der Waals surface area contributed by atoms with E-state index >= 15 is 0 Å². The van der Waals surface area contributed by atoms with Crippen molar-refractivity contribution in [3.8, 4) is 50.6 Å². The van der Waals surface area contributed by atoms with Crippen LogP contribution in [0.1, 0.15) is 51.3 Å². The van der Waals surface area contributed by atoms with Crippen molar-refractivity contribution in [3.63, 3.8) is 0 Å². The minimum Gasteiger partial charge on any atom is -0.456 e. The summed E-state index contributed by atoms with van der Waals surface area (Å²) in [7, 11) is 2.43. The predicted molar refractivity (Wildman–Crippen MR) is 285 cm³/mol. The second-order valence-electron chi connectivity index (χ2n) is 20.4. The van der Waals surface area contributed by atoms with Crippen LogP contribution in [0.5, 0.6) is 0 Å². The SMILES string of the molecule is CC(C)(C)c1ccc(Nc2cc3c(cc2-c2ccc4c5cc6c(cc5n5c4c2[B]c2cc4c(-c7ccccc7)oc(-c7ccccc7)c4cc2-5)oc2ccccc26)-c2ccccc2C3(C)C)cc1. The Morgan fingerprint density at radius 3 is 1.94 bits per heavy atom. The molecule has 0 spiro atoms. The van der Waals surface area contributed by atoms with Gasteiger partial charge >= 0.3 is 0 Å². The zero-order valence-corrected chi connectivity index (χ0v) is 38.7. The Hall–Kier alpha value is -8.02. The summed E-state index contributed by atoms with van der Waals surface area (Å²) in [4.78, 5) is 0. The summed E-state index contributed by atoms with van der Waals surface area (Å²) in [5.41, 5.74) is 20.5. The van der Waals surface area contributed by atoms with E-state index in [1.165, 1.54) is 55.1 Å². The van der Waals surface area contributed by atoms with Crippen LogP contribution in [0.25, 0.3) is 105 Å². The Morgan fingerprint density at radius 2 is 1.19 bits per heavy atom. The van der Waals surface area contributed by atoms with Crippen molar-refractivity contribution < 1.29 is 8.83 Å². The van der Waals surface area contributed by atoms with Gasteiger partial charge in [0.05, 0.1) is 5.52 Å². The maximum atomic E-state index is 7.00. The van der Waals surface area contributed by atoms with Crippen LogP contribution >= 0.6 is 0 Å². The number of furan rings is 2. The van der Waals surface area contributed by atoms with Crippen LogP contribution in [-0.2, 0) is 10.8 Å². The average Bonchev–Trinajstić information content (AvgIpc) is 4.07. The van der Waals surface area contributed by atoms with E-state index in [1.807, 2.05) is 6.07 Å². The third kappa shape index (κ3) is 5.62. The second kappa shape index (κ2) is 14.0. The fourth-order valence-corrected chi connectivity index (χ4v) is 11.5. The Morgan fingerprint density at radius 1 is 0.500 bits per heavy atom. The number of para-hydroxylation sites is 1. The summed E-state index contributed by atoms with van der Waals surface area (Å²) in [6.45, 7) is 11.5. The molecule has 68 heavy (non-hydrogen) atoms. The third-order valence-corrected chi connectivity index (χ3v) is 15.0. The molecule has 0 fully saturated rings. The normalized spacial score (nSPS) is 13.6. The smallest absolute Gasteiger partial charge is 0.197 e. The van der Waals surface area contributed by atoms with Gasteiger partial charge in [-0.3, -0.25) is 0 Å². The number of aromatic nitrogens is 1. The molecule has 0 unspecified atom stereocenters. The second-order valence-corrected chi connectivity index (χ2v) is 20.4. The van der Waals surface area contributed by atoms with Gasteiger partial charge in [-0.05, 0) is 86.7 Å². The Kier molecular flexibility index (Phi) is 8.07. The van der Waals surface area contributed by atoms with Gasteiger partial charge < -0.3 is 18.7 Å². The molecule has 4 heterocycles. The minimum atomic E-state index is -0.168. The Bertz CT molecular complexity index is 4070. The Labute approximate surface area is 395 Å². The van der Waals surface area contributed by atoms with E-state index in [4.69, 9.17) is 8.83 Å². The van der Waals surface area contributed by atoms with Crippen LogP contribution in [0.4, 0.5) is 11.4 Å². The molecule has 0 amide bonds. The first-order valence-corrected chi connectivity index (χ1v) is 23.7. The Balaban J connectivity index is 1.07. The number of anilines is 2. The van der Waals surface area contributed by atoms with Crippen molar-refractivity contribution in [1.29, 1.82) is 0 Å². The van der Waals surface area contributed by atoms with Crippen molar-refractivity contribution in [2.45, 2.75) is 45.4 Å². The molecule has 9 aromatic carbocycles. The molecular formula is C63H46BN2O2. The highest BCUT2D eigenvalue weighted by atomic mass is 16.3. The molecule has 2 aliphatic rings. The first-order valence-electron chi connectivity index (χ1n) is 23.7. The number of hydrogen-bond donors (Lipinski definition) is 1. The van der Waals surface area contributed by atoms with Gasteiger partial charge in [0.25, 0.3) is 0 Å². The van der Waals surface area contributed by atoms with Crippen molar-refractivity contribution in [2.24, 2.45) is 0 Å². The summed E-state index contributed by atoms with van der Waals surface area (Å²) >= 11 is 0. The van der Waals surface area contributed by atoms with Gasteiger partial charge in [0.2, 0.25) is 0 Å². The number of rotatable bonds is 5. The zero-order chi connectivity index (χ0) is 45.6. The first-order chi connectivity index (χ1) is 33.1. The first kappa shape index (κ1) is 39.2. The standard InChI is InChI=1S/C63H46BN2O2/c1-62(2,3)38-24-26-39(27-25-38)65-53-34-51-44(40-20-12-14-22-50(40)63(51,4)5)30-45(53)42-28-29-43-46-31-47-41-21-13-15-23-56(41)67-57(47)35-54(46)66-55-33-49-48(32-52(55)64-58(42)59(43)66)60(36-16-8-6-9-17-36)68-61(49)37-18-10-7-11-19-37/h6-35,65H,1-5H3. The topological polar surface area (TPSA) is 43.2 Å². The van der Waals surface area contributed by atoms with E-state index in [9.17, 15) is 0 Å². The molecule has 12 aromatic rings. The van der Waals surface area contributed by atoms with Gasteiger partial charge in [-0.25, -0.2) is 0 Å². The molecule has 0 atom stereocenters. The van der Waals surface area contributed by atoms with E-state index in [0.717, 1.165) is 89.0 Å². The molecule has 5 heteroatoms. The van der Waals surface area contributed by atoms with Crippen LogP contribution in [0.3, 0.4) is 0 Å². The number of benzene rings is 9. The maximum absolute atomic E-state index is 7.00. The molecular weight excluding hydrogens is 828 g/mol. The molecule has 1 radical (unpaired) electrons. The molecule has 0 bridgehead atoms. The average molecular weight is 874 g/mol. The summed E-state index contributed by atoms with van der Waals surface area (Å²) in [6, 6.07) is 66.3. The zero-order valence-electron chi connectivity index (χ0n) is 38.7. The summed E-state index contributed by atoms with van der Waals surface area (Å²) in [6.07, 6.45) is 0. The van der Waals surface area contributed by atoms with E-state index in [1.54, 1.807) is 0 Å². The van der Waals surface area contributed by atoms with Gasteiger partial charge in [0.15, 0.2) is 7.28 Å². The lowest BCUT2D eigenvalue weighted by Crippen LogP contribution is -2.37. The van der Waals surface area contributed by atoms with Crippen molar-refractivity contribution in [1.82, 2.24) is 4.57 Å². The molecule has 1 aliphatic carbocycles. The molecule has 4 nitrogen and oxygen atoms in total. The van der Waals surface area contributed by atoms with Crippen molar-refractivity contribution in [2.75, 3.05) is 5.32 Å². The van der Waals surface area contributed by atoms with Gasteiger partial charge in [-0.15, -0.1) is 0 Å². The van der Waals surface area contributed by atoms with Gasteiger partial charge in [-0.1, -0.05) is 174 Å². The number of nitrogens with one attached hydrogen (secondary N) is 1. The monoisotopic (exact) mass is 873 g/mol. The summed E-state index contributed by atoms with van der Waals surface area (Å²) in [5, 5.41) is 10.8. The fourth-order valence-electron chi connectivity index (χ4n) is 11.5. The quantitative estimate of drug-likeness (QED) is 0.175. The minimum absolute atomic E-state index is 0.0540. The largest absolute Gasteiger partial charge is 0.456 e. The van der Waals surface area contributed by atoms with E-state index in [0.29, 0.717) is 0 Å². The number of fused-ring (bicyclic) bond motifs is 12. The van der Waals surface area contributed by atoms with Crippen LogP contribution < -0.4 is 16.2 Å². The molecule has 1 aliphatic heterocycles. The molecule has 1 N–H and O–H groups in total. The molecule has 323 valence electrons. The van der Waals surface area contributed by atoms with Crippen LogP contribution in [0.2, 0.25) is 0 Å². The predicted octanol–water partition coefficient (Wildman–Crippen LogP) is 15.7. The molecule has 3 aromatic heterocycles. The highest BCUT2D eigenvalue weighted by Crippen LogP contribution is 2.52. The van der Waals surface area contributed by atoms with E-state index in [-0.39, 0.29) is 10.8 Å². The lowest BCUT2D eigenvalue weighted by Gasteiger charge is -2.26. The maximum Gasteiger partial charge on any atom is 0.197 e. The lowest BCUT2D eigenvalue weighted by atomic mass is 9.58. The highest BCUT2D eigenvalue weighted by molar-refractivity contribution is 6.73. The molecule has 0 saturated carbocycles. The summed E-state index contributed by atoms with van der Waals surface area (Å²) < 4.78 is 16.1. The molecule has 0 saturated heterocycles. The number of hydrogen-bond acceptors (Lipinski definition) is 3. The highest BCUT2D eigenvalue weighted by Gasteiger charge is 2.37. The van der Waals surface area contributed by atoms with Crippen LogP contribution in [0, 0.1) is 0 Å². The van der Waals surface area contributed by atoms with Crippen LogP contribution in [0.15, 0.2) is 191 Å². The fraction of sp³-hybridized carbons (Fsp3) is 0.111. The van der Waals surface area contributed by atoms with Crippen molar-refractivity contribution in [3.05, 3.63) is 199 Å². The van der Waals surface area contributed by atoms with Gasteiger partial charge in [0, 0.05) is 83.1 Å². The summed E-state index contributed by atoms with van der Waals surface area (Å²) in [5.74, 6) is 1.73. The lowest BCUT2D eigenvalue weighted by molar-refractivity contribution is 0.590. The van der Waals surface area contributed by atoms with E-state index < -0.39 is 0 Å². The van der Waals surface area contributed by atoms with E-state index in [2.05, 4.69) is 228 Å².